The third kappa shape index (κ3) is 10.4. The highest BCUT2D eigenvalue weighted by molar-refractivity contribution is 4.63. The van der Waals surface area contributed by atoms with Crippen LogP contribution in [0.2, 0.25) is 0 Å². The average molecular weight is 228 g/mol. The highest BCUT2D eigenvalue weighted by atomic mass is 15.1. The van der Waals surface area contributed by atoms with Gasteiger partial charge in [0.15, 0.2) is 0 Å². The van der Waals surface area contributed by atoms with Crippen LogP contribution in [0.1, 0.15) is 53.4 Å². The van der Waals surface area contributed by atoms with E-state index in [1.165, 1.54) is 38.8 Å². The number of likely N-dealkylation sites (N-methyl/N-ethyl adjacent to an activating group) is 1. The lowest BCUT2D eigenvalue weighted by Gasteiger charge is -2.19. The molecule has 1 unspecified atom stereocenters. The molecule has 98 valence electrons. The van der Waals surface area contributed by atoms with Gasteiger partial charge in [0.05, 0.1) is 0 Å². The van der Waals surface area contributed by atoms with E-state index in [1.807, 2.05) is 0 Å². The number of hydrogen-bond acceptors (Lipinski definition) is 2. The van der Waals surface area contributed by atoms with Crippen LogP contribution in [-0.2, 0) is 0 Å². The second-order valence-corrected chi connectivity index (χ2v) is 5.48. The van der Waals surface area contributed by atoms with E-state index < -0.39 is 0 Å². The standard InChI is InChI=1S/C14H32N2/c1-6-7-11-16(5)12-10-15-14(4)9-8-13(2)3/h13-15H,6-12H2,1-5H3. The minimum absolute atomic E-state index is 0.668. The SMILES string of the molecule is CCCCN(C)CCNC(C)CCC(C)C. The minimum Gasteiger partial charge on any atom is -0.313 e. The average Bonchev–Trinajstić information content (AvgIpc) is 2.23. The van der Waals surface area contributed by atoms with E-state index in [1.54, 1.807) is 0 Å². The van der Waals surface area contributed by atoms with Crippen molar-refractivity contribution in [3.63, 3.8) is 0 Å². The van der Waals surface area contributed by atoms with Gasteiger partial charge in [0, 0.05) is 19.1 Å². The molecule has 2 nitrogen and oxygen atoms in total. The Morgan fingerprint density at radius 1 is 1.06 bits per heavy atom. The van der Waals surface area contributed by atoms with E-state index in [4.69, 9.17) is 0 Å². The quantitative estimate of drug-likeness (QED) is 0.618. The van der Waals surface area contributed by atoms with Crippen LogP contribution in [-0.4, -0.2) is 37.6 Å². The van der Waals surface area contributed by atoms with Gasteiger partial charge in [0.25, 0.3) is 0 Å². The summed E-state index contributed by atoms with van der Waals surface area (Å²) in [4.78, 5) is 2.42. The van der Waals surface area contributed by atoms with Crippen molar-refractivity contribution in [1.82, 2.24) is 10.2 Å². The van der Waals surface area contributed by atoms with Crippen LogP contribution in [0.4, 0.5) is 0 Å². The molecule has 1 N–H and O–H groups in total. The summed E-state index contributed by atoms with van der Waals surface area (Å²) in [7, 11) is 2.22. The molecule has 0 aliphatic heterocycles. The third-order valence-corrected chi connectivity index (χ3v) is 3.06. The zero-order valence-corrected chi connectivity index (χ0v) is 12.1. The third-order valence-electron chi connectivity index (χ3n) is 3.06. The maximum atomic E-state index is 3.60. The van der Waals surface area contributed by atoms with E-state index >= 15 is 0 Å². The molecule has 0 amide bonds. The van der Waals surface area contributed by atoms with Crippen LogP contribution in [0.5, 0.6) is 0 Å². The van der Waals surface area contributed by atoms with Crippen LogP contribution in [0.3, 0.4) is 0 Å². The lowest BCUT2D eigenvalue weighted by molar-refractivity contribution is 0.316. The maximum Gasteiger partial charge on any atom is 0.0104 e. The molecule has 0 aromatic carbocycles. The van der Waals surface area contributed by atoms with Crippen molar-refractivity contribution in [2.45, 2.75) is 59.4 Å². The summed E-state index contributed by atoms with van der Waals surface area (Å²) >= 11 is 0. The first-order valence-corrected chi connectivity index (χ1v) is 6.98. The molecular formula is C14H32N2. The summed E-state index contributed by atoms with van der Waals surface area (Å²) in [6.45, 7) is 12.7. The second kappa shape index (κ2) is 10.1. The minimum atomic E-state index is 0.668. The Kier molecular flexibility index (Phi) is 10.0. The molecule has 0 aliphatic rings. The second-order valence-electron chi connectivity index (χ2n) is 5.48. The van der Waals surface area contributed by atoms with Crippen molar-refractivity contribution in [1.29, 1.82) is 0 Å². The lowest BCUT2D eigenvalue weighted by Crippen LogP contribution is -2.34. The fourth-order valence-electron chi connectivity index (χ4n) is 1.73. The van der Waals surface area contributed by atoms with E-state index in [0.29, 0.717) is 6.04 Å². The van der Waals surface area contributed by atoms with Gasteiger partial charge in [-0.3, -0.25) is 0 Å². The largest absolute Gasteiger partial charge is 0.313 e. The molecule has 0 saturated carbocycles. The number of nitrogens with one attached hydrogen (secondary N) is 1. The first kappa shape index (κ1) is 15.9. The molecule has 0 aromatic heterocycles. The van der Waals surface area contributed by atoms with Crippen molar-refractivity contribution < 1.29 is 0 Å². The predicted octanol–water partition coefficient (Wildman–Crippen LogP) is 3.13. The molecule has 0 aliphatic carbocycles. The number of nitrogens with zero attached hydrogens (tertiary/aromatic N) is 1. The van der Waals surface area contributed by atoms with Gasteiger partial charge in [-0.15, -0.1) is 0 Å². The molecule has 0 bridgehead atoms. The molecule has 0 fully saturated rings. The summed E-state index contributed by atoms with van der Waals surface area (Å²) in [5, 5.41) is 3.60. The number of rotatable bonds is 10. The Hall–Kier alpha value is -0.0800. The molecule has 0 radical (unpaired) electrons. The Labute approximate surface area is 103 Å². The fourth-order valence-corrected chi connectivity index (χ4v) is 1.73. The van der Waals surface area contributed by atoms with E-state index in [0.717, 1.165) is 12.5 Å². The maximum absolute atomic E-state index is 3.60. The first-order valence-electron chi connectivity index (χ1n) is 6.98. The van der Waals surface area contributed by atoms with Gasteiger partial charge in [0.2, 0.25) is 0 Å². The summed E-state index contributed by atoms with van der Waals surface area (Å²) < 4.78 is 0. The zero-order valence-electron chi connectivity index (χ0n) is 12.1. The molecule has 16 heavy (non-hydrogen) atoms. The van der Waals surface area contributed by atoms with Crippen molar-refractivity contribution in [2.24, 2.45) is 5.92 Å². The summed E-state index contributed by atoms with van der Waals surface area (Å²) in [6, 6.07) is 0.668. The Morgan fingerprint density at radius 2 is 1.75 bits per heavy atom. The Morgan fingerprint density at radius 3 is 2.31 bits per heavy atom. The molecular weight excluding hydrogens is 196 g/mol. The monoisotopic (exact) mass is 228 g/mol. The van der Waals surface area contributed by atoms with Crippen molar-refractivity contribution in [2.75, 3.05) is 26.7 Å². The molecule has 0 saturated heterocycles. The molecule has 2 heteroatoms. The highest BCUT2D eigenvalue weighted by Crippen LogP contribution is 2.05. The van der Waals surface area contributed by atoms with Crippen molar-refractivity contribution in [3.8, 4) is 0 Å². The first-order chi connectivity index (χ1) is 7.56. The van der Waals surface area contributed by atoms with Gasteiger partial charge in [-0.25, -0.2) is 0 Å². The van der Waals surface area contributed by atoms with Gasteiger partial charge in [-0.2, -0.15) is 0 Å². The summed E-state index contributed by atoms with van der Waals surface area (Å²) in [5.41, 5.74) is 0. The van der Waals surface area contributed by atoms with E-state index in [9.17, 15) is 0 Å². The zero-order chi connectivity index (χ0) is 12.4. The van der Waals surface area contributed by atoms with Crippen molar-refractivity contribution >= 4 is 0 Å². The van der Waals surface area contributed by atoms with Gasteiger partial charge in [-0.05, 0) is 45.7 Å². The fraction of sp³-hybridized carbons (Fsp3) is 1.00. The van der Waals surface area contributed by atoms with Gasteiger partial charge >= 0.3 is 0 Å². The highest BCUT2D eigenvalue weighted by Gasteiger charge is 2.03. The van der Waals surface area contributed by atoms with Crippen LogP contribution in [0.25, 0.3) is 0 Å². The van der Waals surface area contributed by atoms with Crippen molar-refractivity contribution in [3.05, 3.63) is 0 Å². The van der Waals surface area contributed by atoms with Gasteiger partial charge < -0.3 is 10.2 Å². The molecule has 1 atom stereocenters. The number of hydrogen-bond donors (Lipinski definition) is 1. The molecule has 0 spiro atoms. The summed E-state index contributed by atoms with van der Waals surface area (Å²) in [5.74, 6) is 0.830. The van der Waals surface area contributed by atoms with Gasteiger partial charge in [0.1, 0.15) is 0 Å². The van der Waals surface area contributed by atoms with Crippen LogP contribution in [0, 0.1) is 5.92 Å². The van der Waals surface area contributed by atoms with Crippen LogP contribution < -0.4 is 5.32 Å². The smallest absolute Gasteiger partial charge is 0.0104 e. The molecule has 0 aromatic rings. The summed E-state index contributed by atoms with van der Waals surface area (Å²) in [6.07, 6.45) is 5.25. The van der Waals surface area contributed by atoms with Crippen LogP contribution in [0.15, 0.2) is 0 Å². The lowest BCUT2D eigenvalue weighted by atomic mass is 10.0. The van der Waals surface area contributed by atoms with Crippen LogP contribution >= 0.6 is 0 Å². The topological polar surface area (TPSA) is 15.3 Å². The van der Waals surface area contributed by atoms with E-state index in [-0.39, 0.29) is 0 Å². The Bertz CT molecular complexity index is 146. The number of unbranched alkanes of at least 4 members (excludes halogenated alkanes) is 1. The van der Waals surface area contributed by atoms with E-state index in [2.05, 4.69) is 45.0 Å². The molecule has 0 rings (SSSR count). The van der Waals surface area contributed by atoms with Gasteiger partial charge in [-0.1, -0.05) is 27.2 Å². The predicted molar refractivity (Wildman–Crippen MR) is 73.9 cm³/mol. The molecule has 0 heterocycles. The Balaban J connectivity index is 3.35. The normalized spacial score (nSPS) is 13.7.